The van der Waals surface area contributed by atoms with E-state index in [1.54, 1.807) is 0 Å². The number of likely N-dealkylation sites (tertiary alicyclic amines) is 1. The summed E-state index contributed by atoms with van der Waals surface area (Å²) in [4.78, 5) is 30.8. The third-order valence-electron chi connectivity index (χ3n) is 4.97. The van der Waals surface area contributed by atoms with Gasteiger partial charge in [-0.25, -0.2) is 4.98 Å². The molecule has 2 aromatic rings. The van der Waals surface area contributed by atoms with Crippen molar-refractivity contribution in [3.05, 3.63) is 40.8 Å². The van der Waals surface area contributed by atoms with Crippen molar-refractivity contribution in [2.75, 3.05) is 26.3 Å². The molecule has 2 saturated heterocycles. The summed E-state index contributed by atoms with van der Waals surface area (Å²) in [5.41, 5.74) is 1.14. The smallest absolute Gasteiger partial charge is 0.269 e. The monoisotopic (exact) mass is 343 g/mol. The second kappa shape index (κ2) is 6.93. The van der Waals surface area contributed by atoms with Gasteiger partial charge in [0, 0.05) is 19.0 Å². The van der Waals surface area contributed by atoms with Crippen LogP contribution >= 0.6 is 0 Å². The number of hydrogen-bond acceptors (Lipinski definition) is 5. The van der Waals surface area contributed by atoms with Gasteiger partial charge < -0.3 is 14.4 Å². The lowest BCUT2D eigenvalue weighted by molar-refractivity contribution is -0.137. The van der Waals surface area contributed by atoms with E-state index in [0.717, 1.165) is 12.8 Å². The molecule has 25 heavy (non-hydrogen) atoms. The third-order valence-corrected chi connectivity index (χ3v) is 4.97. The molecule has 0 radical (unpaired) electrons. The lowest BCUT2D eigenvalue weighted by Gasteiger charge is -2.34. The Balaban J connectivity index is 1.45. The van der Waals surface area contributed by atoms with Crippen LogP contribution in [0.3, 0.4) is 0 Å². The number of ether oxygens (including phenoxy) is 2. The maximum absolute atomic E-state index is 12.7. The highest BCUT2D eigenvalue weighted by Crippen LogP contribution is 2.26. The van der Waals surface area contributed by atoms with Crippen molar-refractivity contribution in [1.29, 1.82) is 0 Å². The molecule has 132 valence electrons. The van der Waals surface area contributed by atoms with Crippen molar-refractivity contribution in [2.45, 2.75) is 25.7 Å². The minimum Gasteiger partial charge on any atom is -0.350 e. The highest BCUT2D eigenvalue weighted by Gasteiger charge is 2.31. The Morgan fingerprint density at radius 3 is 2.64 bits per heavy atom. The minimum absolute atomic E-state index is 0.0369. The van der Waals surface area contributed by atoms with E-state index in [0.29, 0.717) is 43.3 Å². The Hall–Kier alpha value is -2.25. The molecule has 2 aliphatic heterocycles. The van der Waals surface area contributed by atoms with Crippen LogP contribution in [0.5, 0.6) is 0 Å². The summed E-state index contributed by atoms with van der Waals surface area (Å²) >= 11 is 0. The highest BCUT2D eigenvalue weighted by atomic mass is 16.7. The van der Waals surface area contributed by atoms with E-state index < -0.39 is 0 Å². The molecule has 3 heterocycles. The number of fused-ring (bicyclic) bond motifs is 1. The number of carbonyl (C=O) groups is 1. The Labute approximate surface area is 145 Å². The van der Waals surface area contributed by atoms with E-state index in [1.165, 1.54) is 10.8 Å². The molecule has 1 aromatic carbocycles. The van der Waals surface area contributed by atoms with Crippen LogP contribution in [0.25, 0.3) is 11.0 Å². The van der Waals surface area contributed by atoms with Gasteiger partial charge in [-0.1, -0.05) is 12.1 Å². The Bertz CT molecular complexity index is 820. The van der Waals surface area contributed by atoms with Crippen molar-refractivity contribution in [3.63, 3.8) is 0 Å². The molecule has 0 saturated carbocycles. The number of carbonyl (C=O) groups excluding carboxylic acids is 1. The SMILES string of the molecule is O=C(Cn1c(=O)cnc2ccccc21)N1CCC(C2OCCO2)CC1. The number of piperidine rings is 1. The average molecular weight is 343 g/mol. The molecule has 4 rings (SSSR count). The second-order valence-electron chi connectivity index (χ2n) is 6.50. The number of benzene rings is 1. The van der Waals surface area contributed by atoms with Gasteiger partial charge >= 0.3 is 0 Å². The van der Waals surface area contributed by atoms with Crippen LogP contribution in [-0.4, -0.2) is 53.0 Å². The number of nitrogens with zero attached hydrogens (tertiary/aromatic N) is 3. The van der Waals surface area contributed by atoms with Crippen LogP contribution in [0.1, 0.15) is 12.8 Å². The molecule has 7 nitrogen and oxygen atoms in total. The molecule has 2 aliphatic rings. The summed E-state index contributed by atoms with van der Waals surface area (Å²) in [6.07, 6.45) is 2.88. The number of hydrogen-bond donors (Lipinski definition) is 0. The summed E-state index contributed by atoms with van der Waals surface area (Å²) < 4.78 is 12.6. The fraction of sp³-hybridized carbons (Fsp3) is 0.500. The van der Waals surface area contributed by atoms with Gasteiger partial charge in [-0.15, -0.1) is 0 Å². The quantitative estimate of drug-likeness (QED) is 0.831. The molecule has 1 aromatic heterocycles. The van der Waals surface area contributed by atoms with Crippen molar-refractivity contribution in [3.8, 4) is 0 Å². The first-order valence-corrected chi connectivity index (χ1v) is 8.68. The van der Waals surface area contributed by atoms with Crippen molar-refractivity contribution >= 4 is 16.9 Å². The molecule has 0 atom stereocenters. The second-order valence-corrected chi connectivity index (χ2v) is 6.50. The number of rotatable bonds is 3. The zero-order chi connectivity index (χ0) is 17.2. The van der Waals surface area contributed by atoms with Gasteiger partial charge in [-0.3, -0.25) is 14.2 Å². The molecular formula is C18H21N3O4. The molecule has 1 amide bonds. The molecule has 0 unspecified atom stereocenters. The van der Waals surface area contributed by atoms with E-state index in [-0.39, 0.29) is 24.3 Å². The largest absolute Gasteiger partial charge is 0.350 e. The Morgan fingerprint density at radius 2 is 1.88 bits per heavy atom. The predicted octanol–water partition coefficient (Wildman–Crippen LogP) is 1.01. The molecule has 0 bridgehead atoms. The summed E-state index contributed by atoms with van der Waals surface area (Å²) in [7, 11) is 0. The maximum Gasteiger partial charge on any atom is 0.269 e. The first kappa shape index (κ1) is 16.2. The summed E-state index contributed by atoms with van der Waals surface area (Å²) in [6.45, 7) is 2.70. The first-order valence-electron chi connectivity index (χ1n) is 8.68. The van der Waals surface area contributed by atoms with Gasteiger partial charge in [-0.05, 0) is 25.0 Å². The van der Waals surface area contributed by atoms with E-state index in [9.17, 15) is 9.59 Å². The van der Waals surface area contributed by atoms with Crippen LogP contribution in [0.4, 0.5) is 0 Å². The molecular weight excluding hydrogens is 322 g/mol. The van der Waals surface area contributed by atoms with Gasteiger partial charge in [0.05, 0.1) is 30.4 Å². The summed E-state index contributed by atoms with van der Waals surface area (Å²) in [6, 6.07) is 7.36. The maximum atomic E-state index is 12.7. The van der Waals surface area contributed by atoms with Gasteiger partial charge in [0.25, 0.3) is 5.56 Å². The molecule has 0 aliphatic carbocycles. The summed E-state index contributed by atoms with van der Waals surface area (Å²) in [5.74, 6) is 0.307. The molecule has 0 N–H and O–H groups in total. The Morgan fingerprint density at radius 1 is 1.16 bits per heavy atom. The van der Waals surface area contributed by atoms with Crippen molar-refractivity contribution in [1.82, 2.24) is 14.5 Å². The Kier molecular flexibility index (Phi) is 4.50. The molecule has 7 heteroatoms. The molecule has 2 fully saturated rings. The number of amides is 1. The van der Waals surface area contributed by atoms with Crippen LogP contribution in [-0.2, 0) is 20.8 Å². The zero-order valence-corrected chi connectivity index (χ0v) is 14.0. The van der Waals surface area contributed by atoms with Crippen molar-refractivity contribution in [2.24, 2.45) is 5.92 Å². The first-order chi connectivity index (χ1) is 12.2. The summed E-state index contributed by atoms with van der Waals surface area (Å²) in [5, 5.41) is 0. The molecule has 0 spiro atoms. The van der Waals surface area contributed by atoms with Crippen LogP contribution < -0.4 is 5.56 Å². The number of para-hydroxylation sites is 2. The van der Waals surface area contributed by atoms with Gasteiger partial charge in [0.1, 0.15) is 6.54 Å². The van der Waals surface area contributed by atoms with E-state index in [1.807, 2.05) is 29.2 Å². The van der Waals surface area contributed by atoms with Crippen LogP contribution in [0.15, 0.2) is 35.3 Å². The average Bonchev–Trinajstić information content (AvgIpc) is 3.19. The third kappa shape index (κ3) is 3.29. The lowest BCUT2D eigenvalue weighted by Crippen LogP contribution is -2.43. The predicted molar refractivity (Wildman–Crippen MR) is 91.0 cm³/mol. The highest BCUT2D eigenvalue weighted by molar-refractivity contribution is 5.80. The topological polar surface area (TPSA) is 73.7 Å². The van der Waals surface area contributed by atoms with Gasteiger partial charge in [-0.2, -0.15) is 0 Å². The zero-order valence-electron chi connectivity index (χ0n) is 14.0. The lowest BCUT2D eigenvalue weighted by atomic mass is 9.96. The van der Waals surface area contributed by atoms with E-state index >= 15 is 0 Å². The fourth-order valence-corrected chi connectivity index (χ4v) is 3.58. The van der Waals surface area contributed by atoms with Gasteiger partial charge in [0.15, 0.2) is 6.29 Å². The van der Waals surface area contributed by atoms with Crippen molar-refractivity contribution < 1.29 is 14.3 Å². The van der Waals surface area contributed by atoms with Gasteiger partial charge in [0.2, 0.25) is 5.91 Å². The standard InChI is InChI=1S/C18H21N3O4/c22-16-11-19-14-3-1-2-4-15(14)21(16)12-17(23)20-7-5-13(6-8-20)18-24-9-10-25-18/h1-4,11,13,18H,5-10,12H2. The van der Waals surface area contributed by atoms with Crippen LogP contribution in [0, 0.1) is 5.92 Å². The number of aromatic nitrogens is 2. The van der Waals surface area contributed by atoms with Crippen LogP contribution in [0.2, 0.25) is 0 Å². The fourth-order valence-electron chi connectivity index (χ4n) is 3.58. The normalized spacial score (nSPS) is 19.6. The van der Waals surface area contributed by atoms with E-state index in [4.69, 9.17) is 9.47 Å². The van der Waals surface area contributed by atoms with E-state index in [2.05, 4.69) is 4.98 Å². The minimum atomic E-state index is -0.255.